The molecule has 1 aromatic carbocycles. The lowest BCUT2D eigenvalue weighted by Crippen LogP contribution is -2.50. The first-order chi connectivity index (χ1) is 10.1. The Morgan fingerprint density at radius 3 is 2.95 bits per heavy atom. The molecule has 1 saturated heterocycles. The molecule has 1 unspecified atom stereocenters. The van der Waals surface area contributed by atoms with E-state index in [4.69, 9.17) is 9.72 Å². The van der Waals surface area contributed by atoms with Crippen molar-refractivity contribution < 1.29 is 9.84 Å². The number of hydrogen-bond donors (Lipinski definition) is 1. The van der Waals surface area contributed by atoms with Crippen molar-refractivity contribution in [3.8, 4) is 0 Å². The molecule has 1 aliphatic heterocycles. The number of morpholine rings is 1. The number of rotatable bonds is 3. The second-order valence-electron chi connectivity index (χ2n) is 5.90. The highest BCUT2D eigenvalue weighted by Crippen LogP contribution is 2.29. The molecular formula is C17H22N2O2. The number of benzene rings is 1. The van der Waals surface area contributed by atoms with E-state index in [1.807, 2.05) is 30.3 Å². The quantitative estimate of drug-likeness (QED) is 0.942. The van der Waals surface area contributed by atoms with Gasteiger partial charge in [-0.2, -0.15) is 0 Å². The number of aliphatic hydroxyl groups is 1. The van der Waals surface area contributed by atoms with Crippen LogP contribution in [0.15, 0.2) is 30.3 Å². The smallest absolute Gasteiger partial charge is 0.135 e. The van der Waals surface area contributed by atoms with E-state index >= 15 is 0 Å². The average Bonchev–Trinajstić information content (AvgIpc) is 2.53. The number of nitrogens with zero attached hydrogens (tertiary/aromatic N) is 2. The molecule has 4 heteroatoms. The van der Waals surface area contributed by atoms with Crippen LogP contribution in [0, 0.1) is 0 Å². The lowest BCUT2D eigenvalue weighted by Gasteiger charge is -2.41. The summed E-state index contributed by atoms with van der Waals surface area (Å²) in [5.74, 6) is 0.888. The molecule has 1 fully saturated rings. The summed E-state index contributed by atoms with van der Waals surface area (Å²) in [6.45, 7) is 6.61. The van der Waals surface area contributed by atoms with E-state index in [-0.39, 0.29) is 12.2 Å². The molecule has 1 atom stereocenters. The maximum absolute atomic E-state index is 9.70. The molecule has 0 amide bonds. The summed E-state index contributed by atoms with van der Waals surface area (Å²) in [6.07, 6.45) is 0.964. The first-order valence-electron chi connectivity index (χ1n) is 7.53. The van der Waals surface area contributed by atoms with Gasteiger partial charge < -0.3 is 14.7 Å². The SMILES string of the molecule is CCC1(C)CN(c2nc3ccccc3cc2CO)CCO1. The van der Waals surface area contributed by atoms with Crippen molar-refractivity contribution in [3.05, 3.63) is 35.9 Å². The van der Waals surface area contributed by atoms with Crippen molar-refractivity contribution in [2.45, 2.75) is 32.5 Å². The molecule has 112 valence electrons. The lowest BCUT2D eigenvalue weighted by atomic mass is 10.0. The van der Waals surface area contributed by atoms with Crippen molar-refractivity contribution in [1.82, 2.24) is 4.98 Å². The Kier molecular flexibility index (Phi) is 3.83. The minimum Gasteiger partial charge on any atom is -0.392 e. The molecule has 0 saturated carbocycles. The minimum atomic E-state index is -0.141. The molecule has 3 rings (SSSR count). The fraction of sp³-hybridized carbons (Fsp3) is 0.471. The summed E-state index contributed by atoms with van der Waals surface area (Å²) in [5, 5.41) is 10.8. The van der Waals surface area contributed by atoms with E-state index in [0.717, 1.165) is 41.8 Å². The summed E-state index contributed by atoms with van der Waals surface area (Å²) < 4.78 is 5.90. The predicted octanol–water partition coefficient (Wildman–Crippen LogP) is 2.73. The molecular weight excluding hydrogens is 264 g/mol. The van der Waals surface area contributed by atoms with Gasteiger partial charge in [-0.3, -0.25) is 0 Å². The van der Waals surface area contributed by atoms with Crippen molar-refractivity contribution >= 4 is 16.7 Å². The zero-order chi connectivity index (χ0) is 14.9. The first kappa shape index (κ1) is 14.3. The van der Waals surface area contributed by atoms with Crippen molar-refractivity contribution in [2.75, 3.05) is 24.6 Å². The Morgan fingerprint density at radius 2 is 2.19 bits per heavy atom. The Hall–Kier alpha value is -1.65. The van der Waals surface area contributed by atoms with Gasteiger partial charge >= 0.3 is 0 Å². The van der Waals surface area contributed by atoms with Crippen LogP contribution < -0.4 is 4.90 Å². The molecule has 0 bridgehead atoms. The van der Waals surface area contributed by atoms with Crippen LogP contribution in [0.4, 0.5) is 5.82 Å². The van der Waals surface area contributed by atoms with Gasteiger partial charge in [0.2, 0.25) is 0 Å². The monoisotopic (exact) mass is 286 g/mol. The van der Waals surface area contributed by atoms with Gasteiger partial charge in [0, 0.05) is 24.0 Å². The summed E-state index contributed by atoms with van der Waals surface area (Å²) in [5.41, 5.74) is 1.71. The largest absolute Gasteiger partial charge is 0.392 e. The number of anilines is 1. The van der Waals surface area contributed by atoms with E-state index in [1.165, 1.54) is 0 Å². The van der Waals surface area contributed by atoms with Gasteiger partial charge in [0.1, 0.15) is 5.82 Å². The van der Waals surface area contributed by atoms with Crippen LogP contribution >= 0.6 is 0 Å². The highest BCUT2D eigenvalue weighted by molar-refractivity contribution is 5.81. The third-order valence-electron chi connectivity index (χ3n) is 4.33. The standard InChI is InChI=1S/C17H22N2O2/c1-3-17(2)12-19(8-9-21-17)16-14(11-20)10-13-6-4-5-7-15(13)18-16/h4-7,10,20H,3,8-9,11-12H2,1-2H3. The summed E-state index contributed by atoms with van der Waals surface area (Å²) in [4.78, 5) is 7.02. The van der Waals surface area contributed by atoms with Crippen LogP contribution in [0.1, 0.15) is 25.8 Å². The van der Waals surface area contributed by atoms with Gasteiger partial charge in [-0.1, -0.05) is 25.1 Å². The number of aliphatic hydroxyl groups excluding tert-OH is 1. The number of para-hydroxylation sites is 1. The lowest BCUT2D eigenvalue weighted by molar-refractivity contribution is -0.0443. The Balaban J connectivity index is 2.02. The summed E-state index contributed by atoms with van der Waals surface area (Å²) >= 11 is 0. The Bertz CT molecular complexity index is 644. The van der Waals surface area contributed by atoms with Gasteiger partial charge in [0.25, 0.3) is 0 Å². The molecule has 0 aliphatic carbocycles. The molecule has 0 radical (unpaired) electrons. The van der Waals surface area contributed by atoms with E-state index in [2.05, 4.69) is 18.7 Å². The number of aromatic nitrogens is 1. The molecule has 4 nitrogen and oxygen atoms in total. The van der Waals surface area contributed by atoms with Gasteiger partial charge in [-0.05, 0) is 25.5 Å². The fourth-order valence-corrected chi connectivity index (χ4v) is 2.87. The second kappa shape index (κ2) is 5.62. The molecule has 1 N–H and O–H groups in total. The van der Waals surface area contributed by atoms with Crippen LogP contribution in [0.2, 0.25) is 0 Å². The van der Waals surface area contributed by atoms with Gasteiger partial charge in [-0.15, -0.1) is 0 Å². The van der Waals surface area contributed by atoms with Crippen molar-refractivity contribution in [1.29, 1.82) is 0 Å². The number of hydrogen-bond acceptors (Lipinski definition) is 4. The van der Waals surface area contributed by atoms with Crippen LogP contribution in [0.25, 0.3) is 10.9 Å². The predicted molar refractivity (Wildman–Crippen MR) is 84.5 cm³/mol. The van der Waals surface area contributed by atoms with Crippen LogP contribution in [-0.2, 0) is 11.3 Å². The van der Waals surface area contributed by atoms with E-state index in [1.54, 1.807) is 0 Å². The first-order valence-corrected chi connectivity index (χ1v) is 7.53. The zero-order valence-corrected chi connectivity index (χ0v) is 12.7. The minimum absolute atomic E-state index is 0.00731. The summed E-state index contributed by atoms with van der Waals surface area (Å²) in [6, 6.07) is 10.1. The van der Waals surface area contributed by atoms with Gasteiger partial charge in [0.05, 0.1) is 24.3 Å². The van der Waals surface area contributed by atoms with Crippen molar-refractivity contribution in [3.63, 3.8) is 0 Å². The molecule has 2 heterocycles. The highest BCUT2D eigenvalue weighted by atomic mass is 16.5. The third kappa shape index (κ3) is 2.74. The maximum atomic E-state index is 9.70. The fourth-order valence-electron chi connectivity index (χ4n) is 2.87. The van der Waals surface area contributed by atoms with Gasteiger partial charge in [0.15, 0.2) is 0 Å². The molecule has 1 aromatic heterocycles. The number of fused-ring (bicyclic) bond motifs is 1. The average molecular weight is 286 g/mol. The number of ether oxygens (including phenoxy) is 1. The third-order valence-corrected chi connectivity index (χ3v) is 4.33. The highest BCUT2D eigenvalue weighted by Gasteiger charge is 2.31. The van der Waals surface area contributed by atoms with Gasteiger partial charge in [-0.25, -0.2) is 4.98 Å². The maximum Gasteiger partial charge on any atom is 0.135 e. The molecule has 0 spiro atoms. The Labute approximate surface area is 125 Å². The number of pyridine rings is 1. The van der Waals surface area contributed by atoms with E-state index in [9.17, 15) is 5.11 Å². The molecule has 1 aliphatic rings. The topological polar surface area (TPSA) is 45.6 Å². The van der Waals surface area contributed by atoms with E-state index in [0.29, 0.717) is 6.61 Å². The Morgan fingerprint density at radius 1 is 1.38 bits per heavy atom. The van der Waals surface area contributed by atoms with Crippen LogP contribution in [0.3, 0.4) is 0 Å². The second-order valence-corrected chi connectivity index (χ2v) is 5.90. The molecule has 21 heavy (non-hydrogen) atoms. The normalized spacial score (nSPS) is 22.7. The zero-order valence-electron chi connectivity index (χ0n) is 12.7. The summed E-state index contributed by atoms with van der Waals surface area (Å²) in [7, 11) is 0. The van der Waals surface area contributed by atoms with Crippen LogP contribution in [0.5, 0.6) is 0 Å². The molecule has 2 aromatic rings. The van der Waals surface area contributed by atoms with E-state index < -0.39 is 0 Å². The van der Waals surface area contributed by atoms with Crippen molar-refractivity contribution in [2.24, 2.45) is 0 Å². The van der Waals surface area contributed by atoms with Crippen LogP contribution in [-0.4, -0.2) is 35.4 Å².